The van der Waals surface area contributed by atoms with E-state index in [1.807, 2.05) is 78.8 Å². The van der Waals surface area contributed by atoms with Crippen molar-refractivity contribution in [2.75, 3.05) is 13.2 Å². The highest BCUT2D eigenvalue weighted by molar-refractivity contribution is 5.70. The molecule has 0 bridgehead atoms. The van der Waals surface area contributed by atoms with Crippen molar-refractivity contribution < 1.29 is 28.5 Å². The SMILES string of the molecule is CC(C)(C)OC(=O)N1[C@H](CCCC[C@@H]2COC(C)(C)N2C(=O)OCc2ccccc2)COC1(C)C. The van der Waals surface area contributed by atoms with Crippen molar-refractivity contribution in [1.29, 1.82) is 0 Å². The van der Waals surface area contributed by atoms with Gasteiger partial charge in [-0.25, -0.2) is 9.59 Å². The van der Waals surface area contributed by atoms with Gasteiger partial charge in [-0.1, -0.05) is 43.2 Å². The number of amides is 2. The Hall–Kier alpha value is -2.32. The standard InChI is InChI=1S/C27H42N2O6/c1-25(2,3)35-24(31)29-22(19-34-27(29,6)7)16-12-11-15-21-18-33-26(4,5)28(21)23(30)32-17-20-13-9-8-10-14-20/h8-10,13-14,21-22H,11-12,15-19H2,1-7H3/t21-,22-/m1/s1. The molecule has 2 heterocycles. The minimum absolute atomic E-state index is 0.0388. The lowest BCUT2D eigenvalue weighted by molar-refractivity contribution is -0.0628. The first-order valence-corrected chi connectivity index (χ1v) is 12.6. The van der Waals surface area contributed by atoms with E-state index in [2.05, 4.69) is 0 Å². The van der Waals surface area contributed by atoms with Crippen LogP contribution in [-0.2, 0) is 25.6 Å². The molecule has 196 valence electrons. The average Bonchev–Trinajstić information content (AvgIpc) is 3.23. The molecule has 3 rings (SSSR count). The second kappa shape index (κ2) is 10.7. The van der Waals surface area contributed by atoms with Gasteiger partial charge >= 0.3 is 12.2 Å². The zero-order valence-corrected chi connectivity index (χ0v) is 22.3. The first-order valence-electron chi connectivity index (χ1n) is 12.6. The molecular formula is C27H42N2O6. The molecule has 0 N–H and O–H groups in total. The molecule has 0 saturated carbocycles. The molecule has 8 nitrogen and oxygen atoms in total. The first kappa shape index (κ1) is 27.3. The third-order valence-electron chi connectivity index (χ3n) is 6.47. The highest BCUT2D eigenvalue weighted by Crippen LogP contribution is 2.33. The normalized spacial score (nSPS) is 23.4. The quantitative estimate of drug-likeness (QED) is 0.457. The maximum Gasteiger partial charge on any atom is 0.412 e. The van der Waals surface area contributed by atoms with Gasteiger partial charge in [0.2, 0.25) is 0 Å². The third kappa shape index (κ3) is 7.10. The topological polar surface area (TPSA) is 77.5 Å². The number of nitrogens with zero attached hydrogens (tertiary/aromatic N) is 2. The number of hydrogen-bond acceptors (Lipinski definition) is 6. The molecule has 2 atom stereocenters. The van der Waals surface area contributed by atoms with Crippen LogP contribution < -0.4 is 0 Å². The molecule has 2 saturated heterocycles. The fraction of sp³-hybridized carbons (Fsp3) is 0.704. The maximum absolute atomic E-state index is 12.9. The van der Waals surface area contributed by atoms with Crippen LogP contribution in [0.25, 0.3) is 0 Å². The Kier molecular flexibility index (Phi) is 8.37. The highest BCUT2D eigenvalue weighted by Gasteiger charge is 2.46. The van der Waals surface area contributed by atoms with Gasteiger partial charge in [-0.3, -0.25) is 9.80 Å². The van der Waals surface area contributed by atoms with Crippen molar-refractivity contribution in [3.05, 3.63) is 35.9 Å². The van der Waals surface area contributed by atoms with Gasteiger partial charge in [-0.05, 0) is 66.9 Å². The van der Waals surface area contributed by atoms with E-state index < -0.39 is 17.1 Å². The van der Waals surface area contributed by atoms with E-state index in [0.717, 1.165) is 31.2 Å². The van der Waals surface area contributed by atoms with Gasteiger partial charge in [0.15, 0.2) is 0 Å². The van der Waals surface area contributed by atoms with Crippen LogP contribution in [0.2, 0.25) is 0 Å². The minimum atomic E-state index is -0.713. The summed E-state index contributed by atoms with van der Waals surface area (Å²) in [6, 6.07) is 9.57. The second-order valence-corrected chi connectivity index (χ2v) is 11.4. The summed E-state index contributed by atoms with van der Waals surface area (Å²) in [5.74, 6) is 0. The molecule has 0 aliphatic carbocycles. The molecule has 0 unspecified atom stereocenters. The number of unbranched alkanes of at least 4 members (excludes halogenated alkanes) is 1. The van der Waals surface area contributed by atoms with E-state index in [9.17, 15) is 9.59 Å². The first-order chi connectivity index (χ1) is 16.3. The zero-order valence-electron chi connectivity index (χ0n) is 22.3. The molecule has 2 fully saturated rings. The Morgan fingerprint density at radius 2 is 1.37 bits per heavy atom. The van der Waals surface area contributed by atoms with E-state index in [1.165, 1.54) is 0 Å². The summed E-state index contributed by atoms with van der Waals surface area (Å²) in [6.07, 6.45) is 2.69. The van der Waals surface area contributed by atoms with Crippen molar-refractivity contribution in [1.82, 2.24) is 9.80 Å². The molecule has 0 spiro atoms. The van der Waals surface area contributed by atoms with Crippen LogP contribution >= 0.6 is 0 Å². The number of rotatable bonds is 7. The van der Waals surface area contributed by atoms with Crippen molar-refractivity contribution in [2.45, 2.75) is 110 Å². The van der Waals surface area contributed by atoms with Crippen LogP contribution in [0.5, 0.6) is 0 Å². The zero-order chi connectivity index (χ0) is 25.9. The van der Waals surface area contributed by atoms with Crippen molar-refractivity contribution >= 4 is 12.2 Å². The lowest BCUT2D eigenvalue weighted by Gasteiger charge is -2.35. The molecule has 0 aromatic heterocycles. The summed E-state index contributed by atoms with van der Waals surface area (Å²) in [6.45, 7) is 14.4. The predicted octanol–water partition coefficient (Wildman–Crippen LogP) is 5.69. The van der Waals surface area contributed by atoms with E-state index in [1.54, 1.807) is 9.80 Å². The molecule has 2 aliphatic rings. The Labute approximate surface area is 209 Å². The smallest absolute Gasteiger partial charge is 0.412 e. The average molecular weight is 491 g/mol. The van der Waals surface area contributed by atoms with Crippen LogP contribution in [0.15, 0.2) is 30.3 Å². The number of carbonyl (C=O) groups is 2. The molecule has 1 aromatic rings. The van der Waals surface area contributed by atoms with Gasteiger partial charge in [0.1, 0.15) is 23.7 Å². The Balaban J connectivity index is 1.51. The molecule has 2 aliphatic heterocycles. The molecular weight excluding hydrogens is 448 g/mol. The summed E-state index contributed by atoms with van der Waals surface area (Å²) in [5.41, 5.74) is -1.02. The van der Waals surface area contributed by atoms with Gasteiger partial charge in [0.25, 0.3) is 0 Å². The van der Waals surface area contributed by atoms with E-state index >= 15 is 0 Å². The third-order valence-corrected chi connectivity index (χ3v) is 6.47. The molecule has 35 heavy (non-hydrogen) atoms. The summed E-state index contributed by atoms with van der Waals surface area (Å²) in [7, 11) is 0. The number of hydrogen-bond donors (Lipinski definition) is 0. The van der Waals surface area contributed by atoms with Crippen LogP contribution in [0.4, 0.5) is 9.59 Å². The summed E-state index contributed by atoms with van der Waals surface area (Å²) < 4.78 is 23.1. The van der Waals surface area contributed by atoms with Gasteiger partial charge in [-0.15, -0.1) is 0 Å². The fourth-order valence-electron chi connectivity index (χ4n) is 4.79. The van der Waals surface area contributed by atoms with Gasteiger partial charge < -0.3 is 18.9 Å². The molecule has 2 amide bonds. The minimum Gasteiger partial charge on any atom is -0.444 e. The van der Waals surface area contributed by atoms with Crippen LogP contribution in [0.1, 0.15) is 79.7 Å². The van der Waals surface area contributed by atoms with Gasteiger partial charge in [-0.2, -0.15) is 0 Å². The van der Waals surface area contributed by atoms with Gasteiger partial charge in [0, 0.05) is 0 Å². The van der Waals surface area contributed by atoms with E-state index in [0.29, 0.717) is 13.2 Å². The van der Waals surface area contributed by atoms with E-state index in [4.69, 9.17) is 18.9 Å². The molecule has 1 aromatic carbocycles. The van der Waals surface area contributed by atoms with Crippen molar-refractivity contribution in [3.8, 4) is 0 Å². The van der Waals surface area contributed by atoms with Gasteiger partial charge in [0.05, 0.1) is 25.3 Å². The Morgan fingerprint density at radius 3 is 1.86 bits per heavy atom. The fourth-order valence-corrected chi connectivity index (χ4v) is 4.79. The lowest BCUT2D eigenvalue weighted by Crippen LogP contribution is -2.49. The monoisotopic (exact) mass is 490 g/mol. The summed E-state index contributed by atoms with van der Waals surface area (Å²) >= 11 is 0. The Bertz CT molecular complexity index is 864. The summed E-state index contributed by atoms with van der Waals surface area (Å²) in [5, 5.41) is 0. The Morgan fingerprint density at radius 1 is 0.886 bits per heavy atom. The number of carbonyl (C=O) groups excluding carboxylic acids is 2. The molecule has 0 radical (unpaired) electrons. The highest BCUT2D eigenvalue weighted by atomic mass is 16.6. The maximum atomic E-state index is 12.9. The van der Waals surface area contributed by atoms with E-state index in [-0.39, 0.29) is 30.9 Å². The number of benzene rings is 1. The lowest BCUT2D eigenvalue weighted by atomic mass is 10.0. The summed E-state index contributed by atoms with van der Waals surface area (Å²) in [4.78, 5) is 29.2. The van der Waals surface area contributed by atoms with Crippen LogP contribution in [-0.4, -0.2) is 64.3 Å². The second-order valence-electron chi connectivity index (χ2n) is 11.4. The predicted molar refractivity (Wildman–Crippen MR) is 133 cm³/mol. The van der Waals surface area contributed by atoms with Crippen molar-refractivity contribution in [2.24, 2.45) is 0 Å². The van der Waals surface area contributed by atoms with Crippen LogP contribution in [0.3, 0.4) is 0 Å². The molecule has 8 heteroatoms. The largest absolute Gasteiger partial charge is 0.444 e. The number of ether oxygens (including phenoxy) is 4. The van der Waals surface area contributed by atoms with Crippen LogP contribution in [0, 0.1) is 0 Å². The van der Waals surface area contributed by atoms with Crippen molar-refractivity contribution in [3.63, 3.8) is 0 Å².